The number of amides is 1. The van der Waals surface area contributed by atoms with Crippen molar-refractivity contribution in [3.05, 3.63) is 29.8 Å². The van der Waals surface area contributed by atoms with Gasteiger partial charge in [0.15, 0.2) is 0 Å². The molecular weight excluding hydrogens is 244 g/mol. The fourth-order valence-electron chi connectivity index (χ4n) is 1.47. The molecule has 0 aliphatic carbocycles. The Morgan fingerprint density at radius 2 is 1.95 bits per heavy atom. The largest absolute Gasteiger partial charge is 0.466 e. The molecule has 1 amide bonds. The first kappa shape index (κ1) is 14.7. The third-order valence-corrected chi connectivity index (χ3v) is 2.38. The van der Waals surface area contributed by atoms with Gasteiger partial charge in [-0.05, 0) is 24.6 Å². The van der Waals surface area contributed by atoms with Gasteiger partial charge in [0.1, 0.15) is 0 Å². The van der Waals surface area contributed by atoms with Gasteiger partial charge in [-0.25, -0.2) is 0 Å². The lowest BCUT2D eigenvalue weighted by Crippen LogP contribution is -2.14. The van der Waals surface area contributed by atoms with Crippen molar-refractivity contribution in [2.75, 3.05) is 11.9 Å². The summed E-state index contributed by atoms with van der Waals surface area (Å²) in [4.78, 5) is 22.6. The van der Waals surface area contributed by atoms with E-state index in [-0.39, 0.29) is 24.7 Å². The number of carbonyl (C=O) groups is 2. The Hall–Kier alpha value is -2.35. The van der Waals surface area contributed by atoms with Gasteiger partial charge in [0.25, 0.3) is 0 Å². The molecule has 1 rings (SSSR count). The smallest absolute Gasteiger partial charge is 0.306 e. The lowest BCUT2D eigenvalue weighted by Gasteiger charge is -2.05. The number of esters is 1. The molecule has 0 heterocycles. The van der Waals surface area contributed by atoms with Gasteiger partial charge in [-0.1, -0.05) is 12.1 Å². The number of benzene rings is 1. The van der Waals surface area contributed by atoms with E-state index < -0.39 is 0 Å². The van der Waals surface area contributed by atoms with Crippen LogP contribution in [0.5, 0.6) is 0 Å². The third kappa shape index (κ3) is 5.68. The van der Waals surface area contributed by atoms with Gasteiger partial charge in [0.05, 0.1) is 25.5 Å². The Labute approximate surface area is 112 Å². The zero-order valence-electron chi connectivity index (χ0n) is 10.8. The second kappa shape index (κ2) is 7.88. The van der Waals surface area contributed by atoms with Crippen molar-refractivity contribution in [1.82, 2.24) is 0 Å². The van der Waals surface area contributed by atoms with Crippen LogP contribution in [0.1, 0.15) is 25.3 Å². The number of hydrogen-bond acceptors (Lipinski definition) is 4. The summed E-state index contributed by atoms with van der Waals surface area (Å²) in [5.74, 6) is -0.608. The first-order chi connectivity index (χ1) is 9.15. The van der Waals surface area contributed by atoms with Crippen molar-refractivity contribution in [2.45, 2.75) is 26.2 Å². The van der Waals surface area contributed by atoms with Gasteiger partial charge in [-0.15, -0.1) is 0 Å². The lowest BCUT2D eigenvalue weighted by molar-refractivity contribution is -0.144. The van der Waals surface area contributed by atoms with Crippen LogP contribution in [-0.2, 0) is 20.7 Å². The van der Waals surface area contributed by atoms with Crippen molar-refractivity contribution in [3.63, 3.8) is 0 Å². The van der Waals surface area contributed by atoms with E-state index in [1.54, 1.807) is 31.2 Å². The first-order valence-electron chi connectivity index (χ1n) is 6.07. The summed E-state index contributed by atoms with van der Waals surface area (Å²) in [6.07, 6.45) is 0.516. The highest BCUT2D eigenvalue weighted by atomic mass is 16.5. The number of nitriles is 1. The van der Waals surface area contributed by atoms with Crippen LogP contribution in [0.25, 0.3) is 0 Å². The lowest BCUT2D eigenvalue weighted by atomic mass is 10.1. The Balaban J connectivity index is 2.40. The van der Waals surface area contributed by atoms with Crippen molar-refractivity contribution < 1.29 is 14.3 Å². The average molecular weight is 260 g/mol. The van der Waals surface area contributed by atoms with E-state index in [9.17, 15) is 9.59 Å². The molecule has 0 atom stereocenters. The molecule has 1 N–H and O–H groups in total. The quantitative estimate of drug-likeness (QED) is 0.794. The number of hydrogen-bond donors (Lipinski definition) is 1. The summed E-state index contributed by atoms with van der Waals surface area (Å²) in [6.45, 7) is 2.04. The molecule has 5 nitrogen and oxygen atoms in total. The molecule has 100 valence electrons. The maximum Gasteiger partial charge on any atom is 0.306 e. The molecule has 0 bridgehead atoms. The maximum absolute atomic E-state index is 11.6. The highest BCUT2D eigenvalue weighted by Crippen LogP contribution is 2.10. The first-order valence-corrected chi connectivity index (χ1v) is 6.07. The number of carbonyl (C=O) groups excluding carboxylic acids is 2. The Bertz CT molecular complexity index is 474. The molecule has 0 fully saturated rings. The Kier molecular flexibility index (Phi) is 6.10. The molecule has 0 aliphatic rings. The monoisotopic (exact) mass is 260 g/mol. The fourth-order valence-corrected chi connectivity index (χ4v) is 1.47. The van der Waals surface area contributed by atoms with Gasteiger partial charge in [0.2, 0.25) is 5.91 Å². The minimum atomic E-state index is -0.373. The van der Waals surface area contributed by atoms with Crippen molar-refractivity contribution in [2.24, 2.45) is 0 Å². The van der Waals surface area contributed by atoms with E-state index in [0.29, 0.717) is 18.7 Å². The summed E-state index contributed by atoms with van der Waals surface area (Å²) in [5, 5.41) is 11.2. The third-order valence-electron chi connectivity index (χ3n) is 2.38. The Morgan fingerprint density at radius 1 is 1.26 bits per heavy atom. The molecule has 0 radical (unpaired) electrons. The molecule has 1 aromatic carbocycles. The van der Waals surface area contributed by atoms with Crippen LogP contribution in [-0.4, -0.2) is 18.5 Å². The van der Waals surface area contributed by atoms with Gasteiger partial charge in [-0.2, -0.15) is 5.26 Å². The van der Waals surface area contributed by atoms with Crippen LogP contribution < -0.4 is 5.32 Å². The molecule has 5 heteroatoms. The molecule has 1 aromatic rings. The van der Waals surface area contributed by atoms with E-state index in [1.165, 1.54) is 0 Å². The number of ether oxygens (including phenoxy) is 1. The second-order valence-corrected chi connectivity index (χ2v) is 3.89. The minimum absolute atomic E-state index is 0.0756. The predicted molar refractivity (Wildman–Crippen MR) is 70.3 cm³/mol. The summed E-state index contributed by atoms with van der Waals surface area (Å²) in [6, 6.07) is 9.08. The van der Waals surface area contributed by atoms with Crippen molar-refractivity contribution in [1.29, 1.82) is 5.26 Å². The normalized spacial score (nSPS) is 9.47. The number of anilines is 1. The van der Waals surface area contributed by atoms with Crippen LogP contribution in [0.15, 0.2) is 24.3 Å². The molecule has 0 aromatic heterocycles. The van der Waals surface area contributed by atoms with E-state index in [4.69, 9.17) is 10.00 Å². The minimum Gasteiger partial charge on any atom is -0.466 e. The summed E-state index contributed by atoms with van der Waals surface area (Å²) in [5.41, 5.74) is 1.54. The van der Waals surface area contributed by atoms with E-state index in [1.807, 2.05) is 0 Å². The van der Waals surface area contributed by atoms with Crippen LogP contribution in [0.3, 0.4) is 0 Å². The molecule has 0 saturated heterocycles. The summed E-state index contributed by atoms with van der Waals surface area (Å²) >= 11 is 0. The number of nitrogens with one attached hydrogen (secondary N) is 1. The summed E-state index contributed by atoms with van der Waals surface area (Å²) in [7, 11) is 0. The van der Waals surface area contributed by atoms with Gasteiger partial charge >= 0.3 is 5.97 Å². The zero-order chi connectivity index (χ0) is 14.1. The van der Waals surface area contributed by atoms with Crippen LogP contribution in [0, 0.1) is 11.3 Å². The van der Waals surface area contributed by atoms with E-state index >= 15 is 0 Å². The standard InChI is InChI=1S/C14H16N2O3/c1-2-19-14(18)8-7-13(17)16-12-5-3-11(4-6-12)9-10-15/h3-6H,2,7-9H2,1H3,(H,16,17). The SMILES string of the molecule is CCOC(=O)CCC(=O)Nc1ccc(CC#N)cc1. The van der Waals surface area contributed by atoms with E-state index in [2.05, 4.69) is 11.4 Å². The van der Waals surface area contributed by atoms with E-state index in [0.717, 1.165) is 5.56 Å². The van der Waals surface area contributed by atoms with Gasteiger partial charge < -0.3 is 10.1 Å². The molecule has 0 unspecified atom stereocenters. The number of rotatable bonds is 6. The van der Waals surface area contributed by atoms with Crippen molar-refractivity contribution in [3.8, 4) is 6.07 Å². The van der Waals surface area contributed by atoms with Gasteiger partial charge in [0, 0.05) is 12.1 Å². The fraction of sp³-hybridized carbons (Fsp3) is 0.357. The summed E-state index contributed by atoms with van der Waals surface area (Å²) < 4.78 is 4.74. The van der Waals surface area contributed by atoms with Gasteiger partial charge in [-0.3, -0.25) is 9.59 Å². The number of nitrogens with zero attached hydrogens (tertiary/aromatic N) is 1. The van der Waals surface area contributed by atoms with Crippen LogP contribution in [0.4, 0.5) is 5.69 Å². The predicted octanol–water partition coefficient (Wildman–Crippen LogP) is 2.03. The Morgan fingerprint density at radius 3 is 2.53 bits per heavy atom. The van der Waals surface area contributed by atoms with Crippen LogP contribution in [0.2, 0.25) is 0 Å². The molecule has 19 heavy (non-hydrogen) atoms. The molecule has 0 spiro atoms. The second-order valence-electron chi connectivity index (χ2n) is 3.89. The molecule has 0 aliphatic heterocycles. The van der Waals surface area contributed by atoms with Crippen molar-refractivity contribution >= 4 is 17.6 Å². The molecular formula is C14H16N2O3. The average Bonchev–Trinajstić information content (AvgIpc) is 2.39. The highest BCUT2D eigenvalue weighted by molar-refractivity contribution is 5.92. The molecule has 0 saturated carbocycles. The highest BCUT2D eigenvalue weighted by Gasteiger charge is 2.07. The zero-order valence-corrected chi connectivity index (χ0v) is 10.8. The topological polar surface area (TPSA) is 79.2 Å². The van der Waals surface area contributed by atoms with Crippen LogP contribution >= 0.6 is 0 Å². The maximum atomic E-state index is 11.6.